The van der Waals surface area contributed by atoms with Gasteiger partial charge in [0.2, 0.25) is 0 Å². The fraction of sp³-hybridized carbons (Fsp3) is 0.800. The molecule has 0 rings (SSSR count). The van der Waals surface area contributed by atoms with Crippen LogP contribution in [0.1, 0.15) is 13.3 Å². The molecule has 2 atom stereocenters. The van der Waals surface area contributed by atoms with Crippen LogP contribution < -0.4 is 46.1 Å². The fourth-order valence-electron chi connectivity index (χ4n) is 0.378. The number of nitrogens with two attached hydrogens (primary N) is 2. The van der Waals surface area contributed by atoms with E-state index in [2.05, 4.69) is 0 Å². The molecule has 5 heteroatoms. The number of hydrogen-bond acceptors (Lipinski definition) is 4. The third kappa shape index (κ3) is 6.51. The largest absolute Gasteiger partial charge is 1.00 e. The van der Waals surface area contributed by atoms with Gasteiger partial charge in [0.1, 0.15) is 0 Å². The van der Waals surface area contributed by atoms with E-state index in [-0.39, 0.29) is 42.0 Å². The zero-order valence-corrected chi connectivity index (χ0v) is 8.33. The van der Waals surface area contributed by atoms with E-state index in [0.29, 0.717) is 0 Å². The van der Waals surface area contributed by atoms with Crippen LogP contribution in [0.2, 0.25) is 0 Å². The molecule has 0 aromatic heterocycles. The van der Waals surface area contributed by atoms with Crippen LogP contribution in [0.15, 0.2) is 0 Å². The first-order valence-electron chi connectivity index (χ1n) is 2.75. The van der Waals surface area contributed by atoms with Crippen LogP contribution in [-0.2, 0) is 4.79 Å². The maximum Gasteiger partial charge on any atom is 1.00 e. The fourth-order valence-corrected chi connectivity index (χ4v) is 0.378. The van der Waals surface area contributed by atoms with Crippen molar-refractivity contribution < 1.29 is 39.5 Å². The number of carbonyl (C=O) groups excluding carboxylic acids is 1. The number of rotatable bonds is 3. The van der Waals surface area contributed by atoms with Gasteiger partial charge >= 0.3 is 29.6 Å². The Morgan fingerprint density at radius 2 is 2.00 bits per heavy atom. The summed E-state index contributed by atoms with van der Waals surface area (Å²) >= 11 is 0. The van der Waals surface area contributed by atoms with Gasteiger partial charge in [-0.25, -0.2) is 0 Å². The molecule has 0 saturated heterocycles. The van der Waals surface area contributed by atoms with E-state index >= 15 is 0 Å². The summed E-state index contributed by atoms with van der Waals surface area (Å²) in [6.07, 6.45) is -0.169. The predicted octanol–water partition coefficient (Wildman–Crippen LogP) is -5.20. The average Bonchev–Trinajstić information content (AvgIpc) is 1.63. The second-order valence-electron chi connectivity index (χ2n) is 2.10. The zero-order valence-electron chi connectivity index (χ0n) is 6.33. The number of carboxylic acid groups (broad SMARTS) is 1. The first-order chi connectivity index (χ1) is 4.04. The van der Waals surface area contributed by atoms with Gasteiger partial charge in [-0.2, -0.15) is 0 Å². The summed E-state index contributed by atoms with van der Waals surface area (Å²) < 4.78 is 0. The van der Waals surface area contributed by atoms with Crippen molar-refractivity contribution in [3.63, 3.8) is 0 Å². The van der Waals surface area contributed by atoms with Gasteiger partial charge in [-0.15, -0.1) is 0 Å². The Labute approximate surface area is 82.2 Å². The number of aliphatic carboxylic acids is 1. The minimum Gasteiger partial charge on any atom is -0.550 e. The molecule has 4 N–H and O–H groups in total. The molecule has 0 saturated carbocycles. The standard InChI is InChI=1S/C5H12N2O2.Na/c1-3(6)4(7)2-5(8)9;/h3-4H,2,6-7H2,1H3,(H,8,9);/q;+1/p-1. The normalized spacial score (nSPS) is 15.1. The Balaban J connectivity index is 0. The van der Waals surface area contributed by atoms with E-state index in [4.69, 9.17) is 11.5 Å². The molecule has 0 aromatic carbocycles. The average molecular weight is 154 g/mol. The van der Waals surface area contributed by atoms with Crippen LogP contribution in [0.3, 0.4) is 0 Å². The number of hydrogen-bond donors (Lipinski definition) is 2. The summed E-state index contributed by atoms with van der Waals surface area (Å²) in [5.41, 5.74) is 10.5. The number of carbonyl (C=O) groups is 1. The van der Waals surface area contributed by atoms with Crippen LogP contribution in [0.5, 0.6) is 0 Å². The minimum absolute atomic E-state index is 0. The minimum atomic E-state index is -1.15. The summed E-state index contributed by atoms with van der Waals surface area (Å²) in [7, 11) is 0. The molecule has 0 fully saturated rings. The SMILES string of the molecule is CC(N)C(N)CC(=O)[O-].[Na+]. The monoisotopic (exact) mass is 154 g/mol. The van der Waals surface area contributed by atoms with Crippen molar-refractivity contribution >= 4 is 5.97 Å². The van der Waals surface area contributed by atoms with E-state index in [1.807, 2.05) is 0 Å². The molecule has 0 aliphatic heterocycles. The first-order valence-corrected chi connectivity index (χ1v) is 2.75. The summed E-state index contributed by atoms with van der Waals surface area (Å²) in [4.78, 5) is 9.87. The van der Waals surface area contributed by atoms with Gasteiger partial charge in [0, 0.05) is 24.5 Å². The number of carboxylic acids is 1. The molecule has 54 valence electrons. The topological polar surface area (TPSA) is 92.2 Å². The van der Waals surface area contributed by atoms with Crippen molar-refractivity contribution in [2.24, 2.45) is 11.5 Å². The first kappa shape index (κ1) is 13.0. The third-order valence-electron chi connectivity index (χ3n) is 1.08. The zero-order chi connectivity index (χ0) is 7.44. The molecular weight excluding hydrogens is 143 g/mol. The Hall–Kier alpha value is 0.390. The van der Waals surface area contributed by atoms with E-state index in [1.165, 1.54) is 0 Å². The van der Waals surface area contributed by atoms with Crippen LogP contribution in [0.4, 0.5) is 0 Å². The van der Waals surface area contributed by atoms with Crippen LogP contribution in [-0.4, -0.2) is 18.1 Å². The quantitative estimate of drug-likeness (QED) is 0.397. The van der Waals surface area contributed by atoms with Crippen molar-refractivity contribution in [1.82, 2.24) is 0 Å². The van der Waals surface area contributed by atoms with Gasteiger partial charge < -0.3 is 21.4 Å². The molecular formula is C5H11N2NaO2. The molecule has 2 unspecified atom stereocenters. The summed E-state index contributed by atoms with van der Waals surface area (Å²) in [6.45, 7) is 1.66. The van der Waals surface area contributed by atoms with Crippen molar-refractivity contribution in [3.8, 4) is 0 Å². The summed E-state index contributed by atoms with van der Waals surface area (Å²) in [5, 5.41) is 9.87. The van der Waals surface area contributed by atoms with E-state index < -0.39 is 12.0 Å². The molecule has 0 radical (unpaired) electrons. The second-order valence-corrected chi connectivity index (χ2v) is 2.10. The molecule has 0 spiro atoms. The third-order valence-corrected chi connectivity index (χ3v) is 1.08. The molecule has 10 heavy (non-hydrogen) atoms. The maximum absolute atomic E-state index is 9.87. The molecule has 0 aromatic rings. The van der Waals surface area contributed by atoms with E-state index in [9.17, 15) is 9.90 Å². The molecule has 4 nitrogen and oxygen atoms in total. The summed E-state index contributed by atoms with van der Waals surface area (Å²) in [5.74, 6) is -1.15. The van der Waals surface area contributed by atoms with Crippen LogP contribution in [0, 0.1) is 0 Å². The van der Waals surface area contributed by atoms with Gasteiger partial charge in [0.05, 0.1) is 0 Å². The van der Waals surface area contributed by atoms with E-state index in [1.54, 1.807) is 6.92 Å². The van der Waals surface area contributed by atoms with Crippen molar-refractivity contribution in [3.05, 3.63) is 0 Å². The van der Waals surface area contributed by atoms with Gasteiger partial charge in [-0.1, -0.05) is 0 Å². The van der Waals surface area contributed by atoms with Gasteiger partial charge in [-0.05, 0) is 6.92 Å². The van der Waals surface area contributed by atoms with Crippen molar-refractivity contribution in [1.29, 1.82) is 0 Å². The Kier molecular flexibility index (Phi) is 7.97. The van der Waals surface area contributed by atoms with Gasteiger partial charge in [0.25, 0.3) is 0 Å². The predicted molar refractivity (Wildman–Crippen MR) is 31.2 cm³/mol. The summed E-state index contributed by atoms with van der Waals surface area (Å²) in [6, 6.07) is -0.780. The molecule has 0 amide bonds. The Bertz CT molecular complexity index is 108. The Morgan fingerprint density at radius 3 is 2.10 bits per heavy atom. The molecule has 0 aliphatic rings. The maximum atomic E-state index is 9.87. The molecule has 0 aliphatic carbocycles. The van der Waals surface area contributed by atoms with Gasteiger partial charge in [0.15, 0.2) is 0 Å². The van der Waals surface area contributed by atoms with Crippen molar-refractivity contribution in [2.45, 2.75) is 25.4 Å². The van der Waals surface area contributed by atoms with Crippen molar-refractivity contribution in [2.75, 3.05) is 0 Å². The molecule has 0 bridgehead atoms. The second kappa shape index (κ2) is 6.12. The molecule has 0 heterocycles. The van der Waals surface area contributed by atoms with Crippen LogP contribution in [0.25, 0.3) is 0 Å². The smallest absolute Gasteiger partial charge is 0.550 e. The Morgan fingerprint density at radius 1 is 1.60 bits per heavy atom. The van der Waals surface area contributed by atoms with Crippen LogP contribution >= 0.6 is 0 Å². The van der Waals surface area contributed by atoms with E-state index in [0.717, 1.165) is 0 Å². The van der Waals surface area contributed by atoms with Gasteiger partial charge in [-0.3, -0.25) is 0 Å².